The molecule has 2 bridgehead atoms. The Balaban J connectivity index is 1.66. The van der Waals surface area contributed by atoms with Crippen LogP contribution in [0, 0.1) is 53.3 Å². The molecule has 4 heterocycles. The Kier molecular flexibility index (Phi) is 18.8. The van der Waals surface area contributed by atoms with E-state index >= 15 is 0 Å². The molecular weight excluding hydrogens is 823 g/mol. The average molecular weight is 900 g/mol. The number of carbonyl (C=O) groups excluding carboxylic acids is 4. The molecule has 4 rings (SSSR count). The molecule has 3 aliphatic heterocycles. The predicted molar refractivity (Wildman–Crippen MR) is 239 cm³/mol. The Bertz CT molecular complexity index is 1830. The number of allylic oxidation sites excluding steroid dienone is 4. The van der Waals surface area contributed by atoms with Crippen molar-refractivity contribution in [2.75, 3.05) is 7.11 Å². The number of hydrogen-bond donors (Lipinski definition) is 4. The van der Waals surface area contributed by atoms with Crippen LogP contribution in [0.2, 0.25) is 0 Å². The van der Waals surface area contributed by atoms with Crippen molar-refractivity contribution < 1.29 is 58.6 Å². The van der Waals surface area contributed by atoms with Crippen molar-refractivity contribution in [1.29, 1.82) is 0 Å². The minimum absolute atomic E-state index is 0.115. The Morgan fingerprint density at radius 2 is 1.59 bits per heavy atom. The molecule has 1 aromatic heterocycles. The van der Waals surface area contributed by atoms with Crippen molar-refractivity contribution in [3.05, 3.63) is 48.3 Å². The van der Waals surface area contributed by atoms with Crippen LogP contribution in [0.3, 0.4) is 0 Å². The van der Waals surface area contributed by atoms with E-state index in [9.17, 15) is 39.6 Å². The zero-order valence-corrected chi connectivity index (χ0v) is 40.1. The van der Waals surface area contributed by atoms with E-state index in [-0.39, 0.29) is 47.6 Å². The number of fused-ring (bicyclic) bond motifs is 2. The monoisotopic (exact) mass is 900 g/mol. The van der Waals surface area contributed by atoms with Crippen molar-refractivity contribution in [2.45, 2.75) is 175 Å². The molecule has 0 amide bonds. The van der Waals surface area contributed by atoms with E-state index in [2.05, 4.69) is 30.2 Å². The molecule has 2 saturated heterocycles. The van der Waals surface area contributed by atoms with Gasteiger partial charge >= 0.3 is 11.9 Å². The molecule has 2 fully saturated rings. The highest BCUT2D eigenvalue weighted by atomic mass is 16.7. The fourth-order valence-electron chi connectivity index (χ4n) is 9.81. The summed E-state index contributed by atoms with van der Waals surface area (Å²) in [5, 5.41) is 53.2. The first-order valence-corrected chi connectivity index (χ1v) is 23.4. The van der Waals surface area contributed by atoms with Gasteiger partial charge in [-0.05, 0) is 70.1 Å². The molecule has 1 aromatic rings. The third-order valence-corrected chi connectivity index (χ3v) is 14.8. The summed E-state index contributed by atoms with van der Waals surface area (Å²) in [6, 6.07) is -0.177. The molecule has 3 aliphatic rings. The second-order valence-corrected chi connectivity index (χ2v) is 19.5. The number of aromatic nitrogens is 3. The highest BCUT2D eigenvalue weighted by Gasteiger charge is 2.56. The second-order valence-electron chi connectivity index (χ2n) is 19.5. The molecule has 4 N–H and O–H groups in total. The highest BCUT2D eigenvalue weighted by Crippen LogP contribution is 2.49. The lowest BCUT2D eigenvalue weighted by Crippen LogP contribution is -2.62. The van der Waals surface area contributed by atoms with Gasteiger partial charge in [-0.15, -0.1) is 5.10 Å². The average Bonchev–Trinajstić information content (AvgIpc) is 3.78. The van der Waals surface area contributed by atoms with Gasteiger partial charge in [0.2, 0.25) is 0 Å². The quantitative estimate of drug-likeness (QED) is 0.244. The molecular formula is C49H77N3O12. The van der Waals surface area contributed by atoms with Crippen molar-refractivity contribution >= 4 is 23.5 Å². The maximum Gasteiger partial charge on any atom is 0.360 e. The maximum atomic E-state index is 13.7. The fraction of sp³-hybridized carbons (Fsp3) is 0.755. The van der Waals surface area contributed by atoms with Crippen LogP contribution in [0.25, 0.3) is 0 Å². The van der Waals surface area contributed by atoms with E-state index in [1.54, 1.807) is 24.7 Å². The van der Waals surface area contributed by atoms with Crippen LogP contribution in [-0.2, 0) is 33.3 Å². The van der Waals surface area contributed by atoms with Gasteiger partial charge in [-0.3, -0.25) is 9.59 Å². The lowest BCUT2D eigenvalue weighted by Gasteiger charge is -2.55. The molecule has 0 unspecified atom stereocenters. The number of esters is 2. The van der Waals surface area contributed by atoms with Crippen LogP contribution in [0.5, 0.6) is 0 Å². The number of aliphatic hydroxyl groups is 4. The number of hydrogen-bond acceptors (Lipinski definition) is 14. The lowest BCUT2D eigenvalue weighted by atomic mass is 9.74. The van der Waals surface area contributed by atoms with Gasteiger partial charge in [0.15, 0.2) is 17.3 Å². The first-order chi connectivity index (χ1) is 30.0. The Morgan fingerprint density at radius 3 is 2.25 bits per heavy atom. The van der Waals surface area contributed by atoms with E-state index in [1.807, 2.05) is 39.0 Å². The zero-order chi connectivity index (χ0) is 47.8. The first-order valence-electron chi connectivity index (χ1n) is 23.4. The maximum absolute atomic E-state index is 13.7. The number of methoxy groups -OCH3 is 1. The summed E-state index contributed by atoms with van der Waals surface area (Å²) in [6.07, 6.45) is 11.4. The van der Waals surface area contributed by atoms with Crippen LogP contribution < -0.4 is 0 Å². The van der Waals surface area contributed by atoms with Gasteiger partial charge < -0.3 is 39.4 Å². The van der Waals surface area contributed by atoms with Gasteiger partial charge in [-0.1, -0.05) is 97.9 Å². The van der Waals surface area contributed by atoms with Crippen LogP contribution in [0.1, 0.15) is 138 Å². The Morgan fingerprint density at radius 1 is 0.922 bits per heavy atom. The molecule has 1 spiro atoms. The first kappa shape index (κ1) is 53.0. The standard InChI is InChI=1S/C49H77N3O12/c1-13-36-18-16-14-15-17-29(4)45(57)48(11,60)46(58)34(9)43(56)33(8)42(55)32(7)41(54)28(3)19-22-40(53)62-44-31(6)38(21-20-36)63-49(35(44)10)24-23-27(2)39(64-49)25-30(5)52-26-37(50-51-52)47(59)61-12/h14-16,18-19,22,26-36,38-39,41,43-45,54,56-57,60H,13,17,20-21,23-25H2,1-12H3/b15-14+,18-16+,22-19+/t27-,28-,29+,30+,31+,32-,33-,34-,35-,36-,38-,39-,41+,43+,44+,45-,48+,49-/m1/s1. The van der Waals surface area contributed by atoms with Crippen molar-refractivity contribution in [3.8, 4) is 0 Å². The molecule has 0 saturated carbocycles. The van der Waals surface area contributed by atoms with Crippen LogP contribution in [0.15, 0.2) is 42.7 Å². The molecule has 64 heavy (non-hydrogen) atoms. The SMILES string of the molecule is CC[C@@H]1/C=C/C=C/C[C@H](C)[C@@H](O)[C@](C)(O)C(=O)[C@H](C)[C@@H](O)[C@H](C)C(=O)[C@H](C)[C@@H](O)[C@H](C)/C=C/C(=O)O[C@H]2[C@@H](C)[C@@H](CC1)O[C@@]1(CC[C@@H](C)[C@@H](C[C@H](C)n3cc(C(=O)OC)nn3)O1)[C@@H]2C. The number of carbonyl (C=O) groups is 4. The minimum Gasteiger partial charge on any atom is -0.464 e. The molecule has 0 aromatic carbocycles. The largest absolute Gasteiger partial charge is 0.464 e. The molecule has 0 radical (unpaired) electrons. The third-order valence-electron chi connectivity index (χ3n) is 14.8. The molecule has 15 nitrogen and oxygen atoms in total. The van der Waals surface area contributed by atoms with E-state index in [1.165, 1.54) is 47.0 Å². The number of nitrogens with zero attached hydrogens (tertiary/aromatic N) is 3. The van der Waals surface area contributed by atoms with E-state index in [0.717, 1.165) is 19.3 Å². The topological polar surface area (TPSA) is 217 Å². The summed E-state index contributed by atoms with van der Waals surface area (Å²) >= 11 is 0. The van der Waals surface area contributed by atoms with Crippen LogP contribution in [-0.4, -0.2) is 114 Å². The fourth-order valence-corrected chi connectivity index (χ4v) is 9.81. The zero-order valence-electron chi connectivity index (χ0n) is 40.1. The summed E-state index contributed by atoms with van der Waals surface area (Å²) in [5.74, 6) is -8.25. The number of rotatable bonds is 5. The van der Waals surface area contributed by atoms with E-state index in [4.69, 9.17) is 18.9 Å². The van der Waals surface area contributed by atoms with Crippen molar-refractivity contribution in [2.24, 2.45) is 53.3 Å². The molecule has 360 valence electrons. The van der Waals surface area contributed by atoms with Crippen LogP contribution >= 0.6 is 0 Å². The summed E-state index contributed by atoms with van der Waals surface area (Å²) in [7, 11) is 1.29. The molecule has 15 heteroatoms. The third kappa shape index (κ3) is 12.2. The normalized spacial score (nSPS) is 42.3. The van der Waals surface area contributed by atoms with Gasteiger partial charge in [0.1, 0.15) is 17.5 Å². The Hall–Kier alpha value is -3.60. The Labute approximate surface area is 380 Å². The van der Waals surface area contributed by atoms with Gasteiger partial charge in [-0.2, -0.15) is 0 Å². The summed E-state index contributed by atoms with van der Waals surface area (Å²) in [4.78, 5) is 53.0. The van der Waals surface area contributed by atoms with Gasteiger partial charge in [0.05, 0.1) is 49.9 Å². The summed E-state index contributed by atoms with van der Waals surface area (Å²) in [5.41, 5.74) is -2.09. The number of Topliss-reactive ketones (excluding diaryl/α,β-unsaturated/α-hetero) is 2. The number of aliphatic hydroxyl groups excluding tert-OH is 3. The van der Waals surface area contributed by atoms with Crippen molar-refractivity contribution in [1.82, 2.24) is 15.0 Å². The summed E-state index contributed by atoms with van der Waals surface area (Å²) in [6.45, 7) is 19.3. The van der Waals surface area contributed by atoms with Gasteiger partial charge in [-0.25, -0.2) is 14.3 Å². The van der Waals surface area contributed by atoms with E-state index < -0.39 is 88.9 Å². The minimum atomic E-state index is -2.20. The predicted octanol–water partition coefficient (Wildman–Crippen LogP) is 6.14. The van der Waals surface area contributed by atoms with Crippen LogP contribution in [0.4, 0.5) is 0 Å². The number of ketones is 2. The van der Waals surface area contributed by atoms with Crippen molar-refractivity contribution in [3.63, 3.8) is 0 Å². The molecule has 0 aliphatic carbocycles. The lowest BCUT2D eigenvalue weighted by molar-refractivity contribution is -0.370. The van der Waals surface area contributed by atoms with Gasteiger partial charge in [0.25, 0.3) is 0 Å². The number of ether oxygens (including phenoxy) is 4. The second kappa shape index (κ2) is 22.7. The van der Waals surface area contributed by atoms with E-state index in [0.29, 0.717) is 25.7 Å². The highest BCUT2D eigenvalue weighted by molar-refractivity contribution is 5.91. The molecule has 18 atom stereocenters. The van der Waals surface area contributed by atoms with Gasteiger partial charge in [0, 0.05) is 48.0 Å². The smallest absolute Gasteiger partial charge is 0.360 e. The summed E-state index contributed by atoms with van der Waals surface area (Å²) < 4.78 is 26.9.